The number of amides is 1. The first kappa shape index (κ1) is 15.3. The number of hydrogen-bond donors (Lipinski definition) is 0. The highest BCUT2D eigenvalue weighted by Crippen LogP contribution is 2.31. The summed E-state index contributed by atoms with van der Waals surface area (Å²) in [4.78, 5) is 18.7. The van der Waals surface area contributed by atoms with Crippen molar-refractivity contribution in [2.75, 3.05) is 13.2 Å². The van der Waals surface area contributed by atoms with Crippen molar-refractivity contribution in [3.05, 3.63) is 27.5 Å². The van der Waals surface area contributed by atoms with E-state index in [0.29, 0.717) is 17.7 Å². The molecule has 1 aliphatic carbocycles. The van der Waals surface area contributed by atoms with Gasteiger partial charge in [0.2, 0.25) is 0 Å². The van der Waals surface area contributed by atoms with Crippen LogP contribution in [-0.4, -0.2) is 41.1 Å². The zero-order chi connectivity index (χ0) is 14.8. The van der Waals surface area contributed by atoms with Crippen LogP contribution in [0.4, 0.5) is 0 Å². The highest BCUT2D eigenvalue weighted by molar-refractivity contribution is 9.10. The van der Waals surface area contributed by atoms with Gasteiger partial charge in [0, 0.05) is 29.9 Å². The van der Waals surface area contributed by atoms with E-state index in [2.05, 4.69) is 20.9 Å². The first-order valence-corrected chi connectivity index (χ1v) is 8.56. The summed E-state index contributed by atoms with van der Waals surface area (Å²) in [6, 6.07) is 2.10. The lowest BCUT2D eigenvalue weighted by atomic mass is 10.1. The Morgan fingerprint density at radius 2 is 2.29 bits per heavy atom. The van der Waals surface area contributed by atoms with Gasteiger partial charge in [-0.25, -0.2) is 4.98 Å². The van der Waals surface area contributed by atoms with Crippen molar-refractivity contribution in [1.29, 1.82) is 0 Å². The summed E-state index contributed by atoms with van der Waals surface area (Å²) in [7, 11) is 0. The van der Waals surface area contributed by atoms with Crippen LogP contribution in [0.2, 0.25) is 5.15 Å². The number of halogens is 2. The van der Waals surface area contributed by atoms with Gasteiger partial charge in [-0.2, -0.15) is 0 Å². The Morgan fingerprint density at radius 1 is 1.48 bits per heavy atom. The van der Waals surface area contributed by atoms with Crippen LogP contribution < -0.4 is 0 Å². The zero-order valence-corrected chi connectivity index (χ0v) is 14.1. The Balaban J connectivity index is 1.70. The second-order valence-corrected chi connectivity index (χ2v) is 6.92. The lowest BCUT2D eigenvalue weighted by molar-refractivity contribution is 0.0654. The van der Waals surface area contributed by atoms with Gasteiger partial charge in [-0.3, -0.25) is 4.79 Å². The molecule has 1 unspecified atom stereocenters. The largest absolute Gasteiger partial charge is 0.378 e. The fraction of sp³-hybridized carbons (Fsp3) is 0.600. The normalized spacial score (nSPS) is 21.5. The Labute approximate surface area is 137 Å². The molecule has 0 aromatic carbocycles. The molecule has 1 aromatic heterocycles. The van der Waals surface area contributed by atoms with Crippen LogP contribution in [0.25, 0.3) is 0 Å². The number of ether oxygens (including phenoxy) is 1. The average Bonchev–Trinajstić information content (AvgIpc) is 3.17. The summed E-state index contributed by atoms with van der Waals surface area (Å²) < 4.78 is 6.42. The van der Waals surface area contributed by atoms with Crippen molar-refractivity contribution in [2.45, 2.75) is 44.2 Å². The van der Waals surface area contributed by atoms with Gasteiger partial charge in [-0.15, -0.1) is 0 Å². The van der Waals surface area contributed by atoms with E-state index in [9.17, 15) is 4.79 Å². The molecule has 114 valence electrons. The lowest BCUT2D eigenvalue weighted by Crippen LogP contribution is -2.35. The minimum atomic E-state index is -0.0192. The average molecular weight is 374 g/mol. The Hall–Kier alpha value is -0.650. The molecule has 3 rings (SSSR count). The van der Waals surface area contributed by atoms with E-state index in [-0.39, 0.29) is 11.1 Å². The minimum absolute atomic E-state index is 0.0192. The Morgan fingerprint density at radius 3 is 2.95 bits per heavy atom. The molecule has 2 aliphatic rings. The number of aromatic nitrogens is 1. The number of pyridine rings is 1. The number of carbonyl (C=O) groups is 1. The van der Waals surface area contributed by atoms with Crippen LogP contribution >= 0.6 is 27.5 Å². The molecule has 1 aliphatic heterocycles. The van der Waals surface area contributed by atoms with Gasteiger partial charge >= 0.3 is 0 Å². The predicted molar refractivity (Wildman–Crippen MR) is 84.6 cm³/mol. The molecule has 1 saturated carbocycles. The highest BCUT2D eigenvalue weighted by atomic mass is 79.9. The summed E-state index contributed by atoms with van der Waals surface area (Å²) in [5.41, 5.74) is 0.477. The Bertz CT molecular complexity index is 530. The van der Waals surface area contributed by atoms with Crippen LogP contribution in [0.5, 0.6) is 0 Å². The van der Waals surface area contributed by atoms with Gasteiger partial charge in [0.05, 0.1) is 11.7 Å². The molecule has 4 nitrogen and oxygen atoms in total. The van der Waals surface area contributed by atoms with E-state index in [1.54, 1.807) is 12.3 Å². The standard InChI is InChI=1S/C15H18BrClN2O2/c16-10-8-13(14(17)18-9-10)15(20)19(11-3-4-11)6-5-12-2-1-7-21-12/h8-9,11-12H,1-7H2. The van der Waals surface area contributed by atoms with Crippen molar-refractivity contribution in [2.24, 2.45) is 0 Å². The predicted octanol–water partition coefficient (Wildman–Crippen LogP) is 3.67. The third kappa shape index (κ3) is 3.76. The molecule has 1 atom stereocenters. The maximum absolute atomic E-state index is 12.7. The van der Waals surface area contributed by atoms with E-state index >= 15 is 0 Å². The molecule has 2 heterocycles. The van der Waals surface area contributed by atoms with E-state index in [1.807, 2.05) is 4.90 Å². The third-order valence-electron chi connectivity index (χ3n) is 4.00. The van der Waals surface area contributed by atoms with Crippen LogP contribution in [-0.2, 0) is 4.74 Å². The van der Waals surface area contributed by atoms with E-state index in [0.717, 1.165) is 49.7 Å². The summed E-state index contributed by atoms with van der Waals surface area (Å²) >= 11 is 9.43. The number of rotatable bonds is 5. The fourth-order valence-electron chi connectivity index (χ4n) is 2.72. The SMILES string of the molecule is O=C(c1cc(Br)cnc1Cl)N(CCC1CCCO1)C1CC1. The maximum Gasteiger partial charge on any atom is 0.257 e. The van der Waals surface area contributed by atoms with Crippen molar-refractivity contribution in [3.63, 3.8) is 0 Å². The Kier molecular flexibility index (Phi) is 4.82. The minimum Gasteiger partial charge on any atom is -0.378 e. The molecule has 21 heavy (non-hydrogen) atoms. The highest BCUT2D eigenvalue weighted by Gasteiger charge is 2.34. The van der Waals surface area contributed by atoms with Gasteiger partial charge in [-0.05, 0) is 54.1 Å². The van der Waals surface area contributed by atoms with Gasteiger partial charge in [0.1, 0.15) is 5.15 Å². The monoisotopic (exact) mass is 372 g/mol. The maximum atomic E-state index is 12.7. The zero-order valence-electron chi connectivity index (χ0n) is 11.7. The van der Waals surface area contributed by atoms with Gasteiger partial charge in [0.25, 0.3) is 5.91 Å². The molecule has 1 aromatic rings. The second kappa shape index (κ2) is 6.63. The number of carbonyl (C=O) groups excluding carboxylic acids is 1. The number of nitrogens with zero attached hydrogens (tertiary/aromatic N) is 2. The van der Waals surface area contributed by atoms with Crippen LogP contribution in [0.3, 0.4) is 0 Å². The van der Waals surface area contributed by atoms with Crippen molar-refractivity contribution < 1.29 is 9.53 Å². The van der Waals surface area contributed by atoms with E-state index in [1.165, 1.54) is 0 Å². The molecule has 0 spiro atoms. The molecule has 1 saturated heterocycles. The van der Waals surface area contributed by atoms with Gasteiger partial charge in [-0.1, -0.05) is 11.6 Å². The smallest absolute Gasteiger partial charge is 0.257 e. The molecule has 0 radical (unpaired) electrons. The van der Waals surface area contributed by atoms with E-state index in [4.69, 9.17) is 16.3 Å². The molecule has 0 N–H and O–H groups in total. The van der Waals surface area contributed by atoms with Crippen molar-refractivity contribution in [1.82, 2.24) is 9.88 Å². The molecule has 6 heteroatoms. The topological polar surface area (TPSA) is 42.4 Å². The molecule has 1 amide bonds. The quantitative estimate of drug-likeness (QED) is 0.740. The summed E-state index contributed by atoms with van der Waals surface area (Å²) in [6.45, 7) is 1.58. The fourth-order valence-corrected chi connectivity index (χ4v) is 3.23. The summed E-state index contributed by atoms with van der Waals surface area (Å²) in [6.07, 6.45) is 7.20. The number of hydrogen-bond acceptors (Lipinski definition) is 3. The first-order valence-electron chi connectivity index (χ1n) is 7.39. The molecule has 2 fully saturated rings. The first-order chi connectivity index (χ1) is 10.1. The van der Waals surface area contributed by atoms with Crippen LogP contribution in [0, 0.1) is 0 Å². The molecular formula is C15H18BrClN2O2. The third-order valence-corrected chi connectivity index (χ3v) is 4.74. The van der Waals surface area contributed by atoms with E-state index < -0.39 is 0 Å². The van der Waals surface area contributed by atoms with Gasteiger partial charge in [0.15, 0.2) is 0 Å². The summed E-state index contributed by atoms with van der Waals surface area (Å²) in [5.74, 6) is -0.0192. The summed E-state index contributed by atoms with van der Waals surface area (Å²) in [5, 5.41) is 0.269. The molecule has 0 bridgehead atoms. The molecular weight excluding hydrogens is 356 g/mol. The van der Waals surface area contributed by atoms with Crippen molar-refractivity contribution in [3.8, 4) is 0 Å². The van der Waals surface area contributed by atoms with Gasteiger partial charge < -0.3 is 9.64 Å². The van der Waals surface area contributed by atoms with Crippen molar-refractivity contribution >= 4 is 33.4 Å². The lowest BCUT2D eigenvalue weighted by Gasteiger charge is -2.24. The second-order valence-electron chi connectivity index (χ2n) is 5.65. The van der Waals surface area contributed by atoms with Crippen LogP contribution in [0.15, 0.2) is 16.7 Å². The van der Waals surface area contributed by atoms with Crippen LogP contribution in [0.1, 0.15) is 42.5 Å².